The largest absolute Gasteiger partial charge is 0.492 e. The first-order valence-electron chi connectivity index (χ1n) is 8.14. The molecule has 1 heterocycles. The van der Waals surface area contributed by atoms with Gasteiger partial charge in [0.05, 0.1) is 11.5 Å². The minimum absolute atomic E-state index is 0.103. The van der Waals surface area contributed by atoms with E-state index in [1.807, 2.05) is 20.8 Å². The Hall–Kier alpha value is -2.35. The molecule has 2 rings (SSSR count). The van der Waals surface area contributed by atoms with E-state index in [2.05, 4.69) is 0 Å². The number of carbonyl (C=O) groups excluding carboxylic acids is 2. The molecule has 1 aromatic carbocycles. The molecular weight excluding hydrogens is 364 g/mol. The van der Waals surface area contributed by atoms with Crippen molar-refractivity contribution in [3.05, 3.63) is 32.8 Å². The third-order valence-electron chi connectivity index (χ3n) is 3.77. The number of nitro groups is 1. The molecule has 1 saturated heterocycles. The highest BCUT2D eigenvalue weighted by Gasteiger charge is 2.33. The van der Waals surface area contributed by atoms with Gasteiger partial charge in [-0.05, 0) is 39.2 Å². The summed E-state index contributed by atoms with van der Waals surface area (Å²) in [6, 6.07) is 2.48. The zero-order valence-corrected chi connectivity index (χ0v) is 15.6. The van der Waals surface area contributed by atoms with E-state index in [0.29, 0.717) is 25.8 Å². The Morgan fingerprint density at radius 2 is 2.08 bits per heavy atom. The molecule has 1 fully saturated rings. The molecule has 1 aliphatic rings. The van der Waals surface area contributed by atoms with Crippen LogP contribution in [-0.4, -0.2) is 47.5 Å². The molecular formula is C17H21ClN2O6. The van der Waals surface area contributed by atoms with E-state index in [1.54, 1.807) is 4.90 Å². The van der Waals surface area contributed by atoms with Gasteiger partial charge >= 0.3 is 6.09 Å². The Morgan fingerprint density at radius 3 is 2.62 bits per heavy atom. The number of aldehydes is 1. The number of hydrogen-bond donors (Lipinski definition) is 0. The average Bonchev–Trinajstić information content (AvgIpc) is 2.48. The number of amides is 1. The lowest BCUT2D eigenvalue weighted by atomic mass is 9.97. The third kappa shape index (κ3) is 5.08. The topological polar surface area (TPSA) is 99.0 Å². The summed E-state index contributed by atoms with van der Waals surface area (Å²) >= 11 is 5.97. The zero-order valence-electron chi connectivity index (χ0n) is 14.9. The molecule has 0 aromatic heterocycles. The molecule has 0 atom stereocenters. The van der Waals surface area contributed by atoms with Gasteiger partial charge in [0, 0.05) is 24.7 Å². The van der Waals surface area contributed by atoms with Gasteiger partial charge < -0.3 is 14.4 Å². The maximum absolute atomic E-state index is 11.9. The van der Waals surface area contributed by atoms with Crippen LogP contribution in [0.25, 0.3) is 0 Å². The third-order valence-corrected chi connectivity index (χ3v) is 4.15. The van der Waals surface area contributed by atoms with Crippen LogP contribution in [0.1, 0.15) is 37.6 Å². The molecule has 0 radical (unpaired) electrons. The van der Waals surface area contributed by atoms with Crippen molar-refractivity contribution in [1.29, 1.82) is 0 Å². The van der Waals surface area contributed by atoms with Crippen molar-refractivity contribution in [2.24, 2.45) is 5.92 Å². The molecule has 1 aromatic rings. The number of nitro benzene ring substituents is 1. The van der Waals surface area contributed by atoms with Crippen LogP contribution in [-0.2, 0) is 4.74 Å². The van der Waals surface area contributed by atoms with Gasteiger partial charge in [0.15, 0.2) is 5.02 Å². The van der Waals surface area contributed by atoms with Gasteiger partial charge in [0.1, 0.15) is 17.6 Å². The SMILES string of the molecule is CC(C)(C)OC(=O)N1CC(CCOc2cc(C=O)cc([N+](=O)[O-])c2Cl)C1. The Kier molecular flexibility index (Phi) is 6.07. The lowest BCUT2D eigenvalue weighted by Crippen LogP contribution is -2.51. The fourth-order valence-electron chi connectivity index (χ4n) is 2.47. The van der Waals surface area contributed by atoms with E-state index in [-0.39, 0.29) is 40.6 Å². The summed E-state index contributed by atoms with van der Waals surface area (Å²) in [6.07, 6.45) is 0.808. The minimum Gasteiger partial charge on any atom is -0.492 e. The first kappa shape index (κ1) is 20.0. The van der Waals surface area contributed by atoms with E-state index < -0.39 is 10.5 Å². The monoisotopic (exact) mass is 384 g/mol. The van der Waals surface area contributed by atoms with E-state index in [0.717, 1.165) is 6.07 Å². The second-order valence-electron chi connectivity index (χ2n) is 7.12. The number of carbonyl (C=O) groups is 2. The Labute approximate surface area is 156 Å². The Morgan fingerprint density at radius 1 is 1.42 bits per heavy atom. The van der Waals surface area contributed by atoms with E-state index >= 15 is 0 Å². The predicted octanol–water partition coefficient (Wildman–Crippen LogP) is 3.70. The fraction of sp³-hybridized carbons (Fsp3) is 0.529. The number of ether oxygens (including phenoxy) is 2. The van der Waals surface area contributed by atoms with Crippen molar-refractivity contribution >= 4 is 29.7 Å². The van der Waals surface area contributed by atoms with Crippen molar-refractivity contribution in [2.75, 3.05) is 19.7 Å². The first-order valence-corrected chi connectivity index (χ1v) is 8.52. The molecule has 0 spiro atoms. The number of hydrogen-bond acceptors (Lipinski definition) is 6. The van der Waals surface area contributed by atoms with E-state index in [1.165, 1.54) is 6.07 Å². The summed E-state index contributed by atoms with van der Waals surface area (Å²) in [5, 5.41) is 10.8. The second kappa shape index (κ2) is 7.90. The van der Waals surface area contributed by atoms with Crippen molar-refractivity contribution < 1.29 is 24.0 Å². The highest BCUT2D eigenvalue weighted by Crippen LogP contribution is 2.35. The molecule has 0 unspecified atom stereocenters. The summed E-state index contributed by atoms with van der Waals surface area (Å²) in [4.78, 5) is 34.7. The van der Waals surface area contributed by atoms with Gasteiger partial charge in [-0.15, -0.1) is 0 Å². The van der Waals surface area contributed by atoms with E-state index in [9.17, 15) is 19.7 Å². The Balaban J connectivity index is 1.85. The van der Waals surface area contributed by atoms with Gasteiger partial charge in [-0.25, -0.2) is 4.79 Å². The standard InChI is InChI=1S/C17H21ClN2O6/c1-17(2,3)26-16(22)19-8-11(9-19)4-5-25-14-7-12(10-21)6-13(15(14)18)20(23)24/h6-7,10-11H,4-5,8-9H2,1-3H3. The van der Waals surface area contributed by atoms with Crippen LogP contribution in [0.15, 0.2) is 12.1 Å². The normalized spacial score (nSPS) is 14.5. The van der Waals surface area contributed by atoms with Crippen molar-refractivity contribution in [3.8, 4) is 5.75 Å². The molecule has 1 amide bonds. The predicted molar refractivity (Wildman–Crippen MR) is 94.9 cm³/mol. The van der Waals surface area contributed by atoms with Crippen molar-refractivity contribution in [2.45, 2.75) is 32.8 Å². The van der Waals surface area contributed by atoms with Gasteiger partial charge in [0.25, 0.3) is 5.69 Å². The van der Waals surface area contributed by atoms with Crippen LogP contribution in [0.4, 0.5) is 10.5 Å². The highest BCUT2D eigenvalue weighted by atomic mass is 35.5. The van der Waals surface area contributed by atoms with Crippen LogP contribution < -0.4 is 4.74 Å². The summed E-state index contributed by atoms with van der Waals surface area (Å²) in [5.41, 5.74) is -0.776. The van der Waals surface area contributed by atoms with Crippen LogP contribution in [0.2, 0.25) is 5.02 Å². The van der Waals surface area contributed by atoms with Crippen molar-refractivity contribution in [3.63, 3.8) is 0 Å². The fourth-order valence-corrected chi connectivity index (χ4v) is 2.71. The van der Waals surface area contributed by atoms with E-state index in [4.69, 9.17) is 21.1 Å². The number of halogens is 1. The molecule has 0 saturated carbocycles. The minimum atomic E-state index is -0.660. The lowest BCUT2D eigenvalue weighted by Gasteiger charge is -2.39. The number of rotatable bonds is 6. The zero-order chi connectivity index (χ0) is 19.5. The number of nitrogens with zero attached hydrogens (tertiary/aromatic N) is 2. The first-order chi connectivity index (χ1) is 12.1. The number of likely N-dealkylation sites (tertiary alicyclic amines) is 1. The second-order valence-corrected chi connectivity index (χ2v) is 7.49. The van der Waals surface area contributed by atoms with Gasteiger partial charge in [-0.2, -0.15) is 0 Å². The molecule has 9 heteroatoms. The van der Waals surface area contributed by atoms with Crippen LogP contribution in [0, 0.1) is 16.0 Å². The van der Waals surface area contributed by atoms with Crippen LogP contribution in [0.3, 0.4) is 0 Å². The maximum atomic E-state index is 11.9. The Bertz CT molecular complexity index is 710. The van der Waals surface area contributed by atoms with Crippen LogP contribution >= 0.6 is 11.6 Å². The van der Waals surface area contributed by atoms with Gasteiger partial charge in [-0.1, -0.05) is 11.6 Å². The summed E-state index contributed by atoms with van der Waals surface area (Å²) in [6.45, 7) is 6.85. The summed E-state index contributed by atoms with van der Waals surface area (Å²) < 4.78 is 10.8. The maximum Gasteiger partial charge on any atom is 0.410 e. The summed E-state index contributed by atoms with van der Waals surface area (Å²) in [7, 11) is 0. The molecule has 1 aliphatic heterocycles. The molecule has 142 valence electrons. The highest BCUT2D eigenvalue weighted by molar-refractivity contribution is 6.34. The van der Waals surface area contributed by atoms with Crippen molar-refractivity contribution in [1.82, 2.24) is 4.90 Å². The quantitative estimate of drug-likeness (QED) is 0.421. The molecule has 0 N–H and O–H groups in total. The summed E-state index contributed by atoms with van der Waals surface area (Å²) in [5.74, 6) is 0.358. The average molecular weight is 385 g/mol. The van der Waals surface area contributed by atoms with Crippen LogP contribution in [0.5, 0.6) is 5.75 Å². The smallest absolute Gasteiger partial charge is 0.410 e. The molecule has 0 bridgehead atoms. The molecule has 8 nitrogen and oxygen atoms in total. The van der Waals surface area contributed by atoms with Gasteiger partial charge in [0.2, 0.25) is 0 Å². The van der Waals surface area contributed by atoms with Gasteiger partial charge in [-0.3, -0.25) is 14.9 Å². The number of benzene rings is 1. The molecule has 0 aliphatic carbocycles. The lowest BCUT2D eigenvalue weighted by molar-refractivity contribution is -0.384. The molecule has 26 heavy (non-hydrogen) atoms.